The molecule has 0 saturated heterocycles. The fourth-order valence-corrected chi connectivity index (χ4v) is 4.77. The SMILES string of the molecule is CCCNC(c1sccc1Cl)C1CCCCC1CC. The molecule has 3 heteroatoms. The second kappa shape index (κ2) is 7.66. The highest BCUT2D eigenvalue weighted by Gasteiger charge is 2.32. The van der Waals surface area contributed by atoms with Crippen LogP contribution >= 0.6 is 22.9 Å². The molecule has 0 spiro atoms. The molecule has 1 heterocycles. The van der Waals surface area contributed by atoms with Gasteiger partial charge in [0.2, 0.25) is 0 Å². The first-order chi connectivity index (χ1) is 9.27. The zero-order valence-corrected chi connectivity index (χ0v) is 13.7. The second-order valence-electron chi connectivity index (χ2n) is 5.68. The summed E-state index contributed by atoms with van der Waals surface area (Å²) in [6, 6.07) is 2.52. The minimum absolute atomic E-state index is 0.470. The molecule has 1 aliphatic rings. The quantitative estimate of drug-likeness (QED) is 0.715. The Morgan fingerprint density at radius 3 is 2.79 bits per heavy atom. The first-order valence-corrected chi connectivity index (χ1v) is 8.99. The van der Waals surface area contributed by atoms with Crippen LogP contribution in [0.25, 0.3) is 0 Å². The lowest BCUT2D eigenvalue weighted by atomic mass is 9.73. The smallest absolute Gasteiger partial charge is 0.0561 e. The molecule has 0 aromatic carbocycles. The normalized spacial score (nSPS) is 25.4. The van der Waals surface area contributed by atoms with E-state index in [2.05, 4.69) is 24.5 Å². The van der Waals surface area contributed by atoms with Crippen LogP contribution in [0.1, 0.15) is 63.3 Å². The molecular formula is C16H26ClNS. The Morgan fingerprint density at radius 2 is 2.16 bits per heavy atom. The minimum Gasteiger partial charge on any atom is -0.309 e. The van der Waals surface area contributed by atoms with Gasteiger partial charge in [-0.2, -0.15) is 0 Å². The largest absolute Gasteiger partial charge is 0.309 e. The van der Waals surface area contributed by atoms with Crippen molar-refractivity contribution in [3.63, 3.8) is 0 Å². The highest BCUT2D eigenvalue weighted by atomic mass is 35.5. The van der Waals surface area contributed by atoms with Gasteiger partial charge < -0.3 is 5.32 Å². The second-order valence-corrected chi connectivity index (χ2v) is 7.04. The fourth-order valence-electron chi connectivity index (χ4n) is 3.45. The lowest BCUT2D eigenvalue weighted by molar-refractivity contribution is 0.177. The van der Waals surface area contributed by atoms with Crippen molar-refractivity contribution in [2.75, 3.05) is 6.54 Å². The van der Waals surface area contributed by atoms with Crippen LogP contribution < -0.4 is 5.32 Å². The molecule has 1 N–H and O–H groups in total. The average Bonchev–Trinajstić information content (AvgIpc) is 2.86. The minimum atomic E-state index is 0.470. The Morgan fingerprint density at radius 1 is 1.37 bits per heavy atom. The van der Waals surface area contributed by atoms with Gasteiger partial charge in [-0.15, -0.1) is 11.3 Å². The van der Waals surface area contributed by atoms with Crippen molar-refractivity contribution in [3.8, 4) is 0 Å². The maximum atomic E-state index is 6.39. The van der Waals surface area contributed by atoms with Crippen LogP contribution in [0.4, 0.5) is 0 Å². The van der Waals surface area contributed by atoms with E-state index in [-0.39, 0.29) is 0 Å². The number of nitrogens with one attached hydrogen (secondary N) is 1. The van der Waals surface area contributed by atoms with Gasteiger partial charge in [0.1, 0.15) is 0 Å². The summed E-state index contributed by atoms with van der Waals surface area (Å²) in [7, 11) is 0. The molecule has 0 radical (unpaired) electrons. The Hall–Kier alpha value is -0.0500. The van der Waals surface area contributed by atoms with Crippen LogP contribution in [0.2, 0.25) is 5.02 Å². The van der Waals surface area contributed by atoms with Crippen molar-refractivity contribution in [1.29, 1.82) is 0 Å². The van der Waals surface area contributed by atoms with Crippen LogP contribution in [0.3, 0.4) is 0 Å². The highest BCUT2D eigenvalue weighted by Crippen LogP contribution is 2.43. The lowest BCUT2D eigenvalue weighted by Crippen LogP contribution is -2.34. The standard InChI is InChI=1S/C16H26ClNS/c1-3-10-18-15(16-14(17)9-11-19-16)13-8-6-5-7-12(13)4-2/h9,11-13,15,18H,3-8,10H2,1-2H3. The maximum Gasteiger partial charge on any atom is 0.0561 e. The summed E-state index contributed by atoms with van der Waals surface area (Å²) in [4.78, 5) is 1.36. The fraction of sp³-hybridized carbons (Fsp3) is 0.750. The molecule has 0 bridgehead atoms. The first-order valence-electron chi connectivity index (χ1n) is 7.74. The van der Waals surface area contributed by atoms with Gasteiger partial charge in [0.25, 0.3) is 0 Å². The summed E-state index contributed by atoms with van der Waals surface area (Å²) in [5.41, 5.74) is 0. The Bertz CT molecular complexity index is 377. The summed E-state index contributed by atoms with van der Waals surface area (Å²) in [6.45, 7) is 5.67. The predicted octanol–water partition coefficient (Wildman–Crippen LogP) is 5.66. The molecule has 3 unspecified atom stereocenters. The lowest BCUT2D eigenvalue weighted by Gasteiger charge is -2.37. The van der Waals surface area contributed by atoms with Gasteiger partial charge in [0.15, 0.2) is 0 Å². The Kier molecular flexibility index (Phi) is 6.18. The third-order valence-corrected chi connectivity index (χ3v) is 5.90. The molecule has 1 aliphatic carbocycles. The van der Waals surface area contributed by atoms with Gasteiger partial charge in [0, 0.05) is 10.9 Å². The Labute approximate surface area is 126 Å². The molecule has 0 amide bonds. The first kappa shape index (κ1) is 15.3. The number of halogens is 1. The van der Waals surface area contributed by atoms with Crippen molar-refractivity contribution in [2.45, 2.75) is 58.4 Å². The van der Waals surface area contributed by atoms with E-state index in [0.29, 0.717) is 6.04 Å². The van der Waals surface area contributed by atoms with Gasteiger partial charge >= 0.3 is 0 Å². The monoisotopic (exact) mass is 299 g/mol. The molecule has 1 nitrogen and oxygen atoms in total. The van der Waals surface area contributed by atoms with E-state index in [4.69, 9.17) is 11.6 Å². The molecular weight excluding hydrogens is 274 g/mol. The molecule has 108 valence electrons. The molecule has 1 saturated carbocycles. The van der Waals surface area contributed by atoms with E-state index in [9.17, 15) is 0 Å². The van der Waals surface area contributed by atoms with Gasteiger partial charge in [0.05, 0.1) is 5.02 Å². The van der Waals surface area contributed by atoms with E-state index in [1.807, 2.05) is 17.4 Å². The zero-order valence-electron chi connectivity index (χ0n) is 12.1. The summed E-state index contributed by atoms with van der Waals surface area (Å²) < 4.78 is 0. The molecule has 19 heavy (non-hydrogen) atoms. The zero-order chi connectivity index (χ0) is 13.7. The number of rotatable bonds is 6. The van der Waals surface area contributed by atoms with Crippen LogP contribution in [-0.2, 0) is 0 Å². The highest BCUT2D eigenvalue weighted by molar-refractivity contribution is 7.10. The summed E-state index contributed by atoms with van der Waals surface area (Å²) in [5, 5.41) is 6.86. The Balaban J connectivity index is 2.18. The van der Waals surface area contributed by atoms with Gasteiger partial charge in [-0.3, -0.25) is 0 Å². The third-order valence-electron chi connectivity index (χ3n) is 4.46. The van der Waals surface area contributed by atoms with Crippen molar-refractivity contribution in [3.05, 3.63) is 21.3 Å². The van der Waals surface area contributed by atoms with Crippen LogP contribution in [0, 0.1) is 11.8 Å². The number of thiophene rings is 1. The van der Waals surface area contributed by atoms with Crippen LogP contribution in [0.5, 0.6) is 0 Å². The van der Waals surface area contributed by atoms with E-state index in [1.54, 1.807) is 0 Å². The van der Waals surface area contributed by atoms with Crippen molar-refractivity contribution in [2.24, 2.45) is 11.8 Å². The third kappa shape index (κ3) is 3.74. The molecule has 2 rings (SSSR count). The summed E-state index contributed by atoms with van der Waals surface area (Å²) >= 11 is 8.21. The van der Waals surface area contributed by atoms with Crippen molar-refractivity contribution in [1.82, 2.24) is 5.32 Å². The number of hydrogen-bond donors (Lipinski definition) is 1. The van der Waals surface area contributed by atoms with E-state index in [0.717, 1.165) is 23.4 Å². The van der Waals surface area contributed by atoms with E-state index >= 15 is 0 Å². The summed E-state index contributed by atoms with van der Waals surface area (Å²) in [6.07, 6.45) is 8.03. The average molecular weight is 300 g/mol. The van der Waals surface area contributed by atoms with Gasteiger partial charge in [-0.25, -0.2) is 0 Å². The molecule has 0 aliphatic heterocycles. The molecule has 3 atom stereocenters. The van der Waals surface area contributed by atoms with Crippen molar-refractivity contribution >= 4 is 22.9 Å². The van der Waals surface area contributed by atoms with Gasteiger partial charge in [-0.1, -0.05) is 51.1 Å². The van der Waals surface area contributed by atoms with Crippen molar-refractivity contribution < 1.29 is 0 Å². The summed E-state index contributed by atoms with van der Waals surface area (Å²) in [5.74, 6) is 1.63. The maximum absolute atomic E-state index is 6.39. The van der Waals surface area contributed by atoms with Crippen LogP contribution in [0.15, 0.2) is 11.4 Å². The number of hydrogen-bond acceptors (Lipinski definition) is 2. The molecule has 1 fully saturated rings. The van der Waals surface area contributed by atoms with E-state index < -0.39 is 0 Å². The van der Waals surface area contributed by atoms with Gasteiger partial charge in [-0.05, 0) is 42.7 Å². The molecule has 1 aromatic rings. The molecule has 1 aromatic heterocycles. The van der Waals surface area contributed by atoms with Crippen LogP contribution in [-0.4, -0.2) is 6.54 Å². The predicted molar refractivity (Wildman–Crippen MR) is 86.1 cm³/mol. The topological polar surface area (TPSA) is 12.0 Å². The van der Waals surface area contributed by atoms with E-state index in [1.165, 1.54) is 43.4 Å².